The number of pyridine rings is 1. The molecular formula is C25H38N6O. The highest BCUT2D eigenvalue weighted by Crippen LogP contribution is 2.26. The van der Waals surface area contributed by atoms with Gasteiger partial charge in [0.05, 0.1) is 11.2 Å². The summed E-state index contributed by atoms with van der Waals surface area (Å²) in [6, 6.07) is 8.05. The number of anilines is 2. The van der Waals surface area contributed by atoms with Gasteiger partial charge in [0.2, 0.25) is 0 Å². The van der Waals surface area contributed by atoms with Crippen LogP contribution in [0.2, 0.25) is 0 Å². The summed E-state index contributed by atoms with van der Waals surface area (Å²) >= 11 is 0. The molecule has 0 spiro atoms. The third kappa shape index (κ3) is 5.99. The van der Waals surface area contributed by atoms with Crippen LogP contribution in [0.25, 0.3) is 10.9 Å². The molecule has 0 atom stereocenters. The van der Waals surface area contributed by atoms with Crippen molar-refractivity contribution in [2.24, 2.45) is 0 Å². The number of nitrogens with one attached hydrogen (secondary N) is 2. The van der Waals surface area contributed by atoms with Crippen molar-refractivity contribution in [2.45, 2.75) is 27.7 Å². The van der Waals surface area contributed by atoms with Crippen LogP contribution < -0.4 is 15.5 Å². The van der Waals surface area contributed by atoms with Crippen molar-refractivity contribution in [1.82, 2.24) is 20.1 Å². The number of fused-ring (bicyclic) bond motifs is 1. The third-order valence-electron chi connectivity index (χ3n) is 6.34. The number of aryl methyl sites for hydroxylation is 1. The molecule has 1 aliphatic heterocycles. The number of rotatable bonds is 10. The third-order valence-corrected chi connectivity index (χ3v) is 6.34. The van der Waals surface area contributed by atoms with Gasteiger partial charge in [0.25, 0.3) is 5.91 Å². The van der Waals surface area contributed by atoms with Gasteiger partial charge >= 0.3 is 0 Å². The van der Waals surface area contributed by atoms with Gasteiger partial charge < -0.3 is 25.3 Å². The van der Waals surface area contributed by atoms with E-state index in [1.807, 2.05) is 18.2 Å². The number of nitrogens with zero attached hydrogens (tertiary/aromatic N) is 4. The van der Waals surface area contributed by atoms with Crippen molar-refractivity contribution >= 4 is 28.3 Å². The van der Waals surface area contributed by atoms with Gasteiger partial charge in [-0.2, -0.15) is 0 Å². The van der Waals surface area contributed by atoms with Crippen LogP contribution >= 0.6 is 0 Å². The normalized spacial score (nSPS) is 14.7. The summed E-state index contributed by atoms with van der Waals surface area (Å²) in [7, 11) is 0. The molecule has 1 fully saturated rings. The highest BCUT2D eigenvalue weighted by Gasteiger charge is 2.18. The number of carbonyl (C=O) groups excluding carboxylic acids is 1. The lowest BCUT2D eigenvalue weighted by Gasteiger charge is -2.35. The van der Waals surface area contributed by atoms with Crippen molar-refractivity contribution in [1.29, 1.82) is 0 Å². The Morgan fingerprint density at radius 1 is 1.12 bits per heavy atom. The first-order chi connectivity index (χ1) is 15.4. The zero-order chi connectivity index (χ0) is 23.1. The molecule has 2 heterocycles. The van der Waals surface area contributed by atoms with E-state index in [9.17, 15) is 4.79 Å². The molecule has 0 radical (unpaired) electrons. The fourth-order valence-electron chi connectivity index (χ4n) is 4.10. The van der Waals surface area contributed by atoms with E-state index < -0.39 is 0 Å². The van der Waals surface area contributed by atoms with Crippen molar-refractivity contribution < 1.29 is 4.79 Å². The Morgan fingerprint density at radius 2 is 1.84 bits per heavy atom. The zero-order valence-electron chi connectivity index (χ0n) is 20.1. The minimum atomic E-state index is -0.208. The van der Waals surface area contributed by atoms with Gasteiger partial charge in [-0.25, -0.2) is 4.98 Å². The molecule has 2 N–H and O–H groups in total. The number of likely N-dealkylation sites (N-methyl/N-ethyl adjacent to an activating group) is 2. The van der Waals surface area contributed by atoms with Crippen molar-refractivity contribution in [3.63, 3.8) is 0 Å². The number of amides is 1. The van der Waals surface area contributed by atoms with E-state index in [1.165, 1.54) is 0 Å². The lowest BCUT2D eigenvalue weighted by Crippen LogP contribution is -2.46. The van der Waals surface area contributed by atoms with Gasteiger partial charge in [0, 0.05) is 50.3 Å². The van der Waals surface area contributed by atoms with E-state index in [2.05, 4.69) is 65.7 Å². The molecular weight excluding hydrogens is 400 g/mol. The van der Waals surface area contributed by atoms with Gasteiger partial charge in [-0.15, -0.1) is 0 Å². The Bertz CT molecular complexity index is 931. The second-order valence-corrected chi connectivity index (χ2v) is 8.34. The number of aromatic nitrogens is 1. The van der Waals surface area contributed by atoms with Gasteiger partial charge in [0.15, 0.2) is 0 Å². The Balaban J connectivity index is 1.63. The average Bonchev–Trinajstić information content (AvgIpc) is 2.82. The predicted molar refractivity (Wildman–Crippen MR) is 134 cm³/mol. The molecule has 174 valence electrons. The molecule has 1 aliphatic rings. The van der Waals surface area contributed by atoms with Gasteiger partial charge in [0.1, 0.15) is 5.82 Å². The Hall–Kier alpha value is -2.64. The summed E-state index contributed by atoms with van der Waals surface area (Å²) in [5.41, 5.74) is 3.25. The molecule has 1 saturated heterocycles. The van der Waals surface area contributed by atoms with Crippen LogP contribution in [0.15, 0.2) is 36.5 Å². The Kier molecular flexibility index (Phi) is 8.47. The summed E-state index contributed by atoms with van der Waals surface area (Å²) in [5.74, 6) is 0.827. The smallest absolute Gasteiger partial charge is 0.271 e. The SMILES string of the molecule is C=C(NCCN(CC)CC)C(=O)Nc1ccc2nc(N3CCN(CC)CC3)cc(C)c2c1. The maximum atomic E-state index is 12.5. The molecule has 7 heteroatoms. The minimum absolute atomic E-state index is 0.208. The Morgan fingerprint density at radius 3 is 2.50 bits per heavy atom. The number of hydrogen-bond acceptors (Lipinski definition) is 6. The highest BCUT2D eigenvalue weighted by molar-refractivity contribution is 6.04. The number of piperazine rings is 1. The Labute approximate surface area is 192 Å². The molecule has 1 amide bonds. The number of carbonyl (C=O) groups is 1. The van der Waals surface area contributed by atoms with E-state index in [4.69, 9.17) is 4.98 Å². The predicted octanol–water partition coefficient (Wildman–Crippen LogP) is 3.07. The van der Waals surface area contributed by atoms with Gasteiger partial charge in [-0.3, -0.25) is 4.79 Å². The van der Waals surface area contributed by atoms with Crippen LogP contribution in [0.3, 0.4) is 0 Å². The lowest BCUT2D eigenvalue weighted by atomic mass is 10.1. The quantitative estimate of drug-likeness (QED) is 0.556. The first-order valence-electron chi connectivity index (χ1n) is 11.8. The lowest BCUT2D eigenvalue weighted by molar-refractivity contribution is -0.113. The van der Waals surface area contributed by atoms with E-state index in [1.54, 1.807) is 0 Å². The minimum Gasteiger partial charge on any atom is -0.380 e. The molecule has 3 rings (SSSR count). The zero-order valence-corrected chi connectivity index (χ0v) is 20.1. The monoisotopic (exact) mass is 438 g/mol. The van der Waals surface area contributed by atoms with Crippen molar-refractivity contribution in [3.05, 3.63) is 42.1 Å². The maximum Gasteiger partial charge on any atom is 0.271 e. The molecule has 0 bridgehead atoms. The van der Waals surface area contributed by atoms with Crippen LogP contribution in [0.4, 0.5) is 11.5 Å². The van der Waals surface area contributed by atoms with E-state index >= 15 is 0 Å². The van der Waals surface area contributed by atoms with Crippen molar-refractivity contribution in [3.8, 4) is 0 Å². The molecule has 2 aromatic rings. The molecule has 1 aromatic heterocycles. The molecule has 32 heavy (non-hydrogen) atoms. The van der Waals surface area contributed by atoms with E-state index in [0.29, 0.717) is 12.2 Å². The highest BCUT2D eigenvalue weighted by atomic mass is 16.2. The maximum absolute atomic E-state index is 12.5. The fourth-order valence-corrected chi connectivity index (χ4v) is 4.10. The second kappa shape index (κ2) is 11.3. The van der Waals surface area contributed by atoms with Crippen molar-refractivity contribution in [2.75, 3.05) is 69.1 Å². The topological polar surface area (TPSA) is 63.7 Å². The number of hydrogen-bond donors (Lipinski definition) is 2. The molecule has 0 unspecified atom stereocenters. The van der Waals surface area contributed by atoms with Gasteiger partial charge in [-0.05, 0) is 56.4 Å². The first-order valence-corrected chi connectivity index (χ1v) is 11.8. The van der Waals surface area contributed by atoms with Crippen LogP contribution in [-0.2, 0) is 4.79 Å². The number of benzene rings is 1. The van der Waals surface area contributed by atoms with Crippen LogP contribution in [0, 0.1) is 6.92 Å². The van der Waals surface area contributed by atoms with Crippen LogP contribution in [0.5, 0.6) is 0 Å². The molecule has 1 aromatic carbocycles. The summed E-state index contributed by atoms with van der Waals surface area (Å²) < 4.78 is 0. The standard InChI is InChI=1S/C25H38N6O/c1-6-29(7-2)12-11-26-20(5)25(32)27-21-9-10-23-22(18-21)19(4)17-24(28-23)31-15-13-30(8-3)14-16-31/h9-10,17-18,26H,5-8,11-16H2,1-4H3,(H,27,32). The summed E-state index contributed by atoms with van der Waals surface area (Å²) in [6.07, 6.45) is 0. The van der Waals surface area contributed by atoms with Crippen LogP contribution in [0.1, 0.15) is 26.3 Å². The van der Waals surface area contributed by atoms with Crippen LogP contribution in [-0.4, -0.2) is 79.6 Å². The summed E-state index contributed by atoms with van der Waals surface area (Å²) in [6.45, 7) is 21.3. The summed E-state index contributed by atoms with van der Waals surface area (Å²) in [4.78, 5) is 24.6. The molecule has 0 saturated carbocycles. The fraction of sp³-hybridized carbons (Fsp3) is 0.520. The second-order valence-electron chi connectivity index (χ2n) is 8.34. The molecule has 0 aliphatic carbocycles. The van der Waals surface area contributed by atoms with Gasteiger partial charge in [-0.1, -0.05) is 27.4 Å². The first kappa shape index (κ1) is 24.0. The van der Waals surface area contributed by atoms with E-state index in [-0.39, 0.29) is 5.91 Å². The average molecular weight is 439 g/mol. The van der Waals surface area contributed by atoms with E-state index in [0.717, 1.165) is 80.3 Å². The largest absolute Gasteiger partial charge is 0.380 e. The molecule has 7 nitrogen and oxygen atoms in total. The summed E-state index contributed by atoms with van der Waals surface area (Å²) in [5, 5.41) is 7.14.